The number of phenols is 1. The van der Waals surface area contributed by atoms with E-state index in [-0.39, 0.29) is 11.7 Å². The van der Waals surface area contributed by atoms with Crippen LogP contribution in [0.2, 0.25) is 0 Å². The molecule has 2 amide bonds. The lowest BCUT2D eigenvalue weighted by Gasteiger charge is -2.04. The van der Waals surface area contributed by atoms with Gasteiger partial charge in [-0.15, -0.1) is 11.3 Å². The Hall–Kier alpha value is -3.12. The van der Waals surface area contributed by atoms with Crippen molar-refractivity contribution >= 4 is 23.2 Å². The van der Waals surface area contributed by atoms with Crippen molar-refractivity contribution in [3.05, 3.63) is 76.7 Å². The van der Waals surface area contributed by atoms with Gasteiger partial charge in [-0.2, -0.15) is 0 Å². The Labute approximate surface area is 155 Å². The largest absolute Gasteiger partial charge is 0.508 e. The monoisotopic (exact) mass is 366 g/mol. The fourth-order valence-electron chi connectivity index (χ4n) is 2.48. The molecule has 3 rings (SSSR count). The first-order valence-electron chi connectivity index (χ1n) is 8.09. The second-order valence-electron chi connectivity index (χ2n) is 5.78. The highest BCUT2D eigenvalue weighted by atomic mass is 32.1. The molecule has 0 aliphatic carbocycles. The predicted molar refractivity (Wildman–Crippen MR) is 102 cm³/mol. The van der Waals surface area contributed by atoms with E-state index in [1.807, 2.05) is 30.3 Å². The number of hydrogen-bond donors (Lipinski definition) is 3. The molecule has 0 unspecified atom stereocenters. The van der Waals surface area contributed by atoms with Crippen LogP contribution in [0.4, 0.5) is 0 Å². The van der Waals surface area contributed by atoms with E-state index in [2.05, 4.69) is 5.32 Å². The van der Waals surface area contributed by atoms with Crippen LogP contribution in [0.1, 0.15) is 25.6 Å². The molecule has 1 heterocycles. The van der Waals surface area contributed by atoms with Crippen molar-refractivity contribution in [2.75, 3.05) is 6.54 Å². The number of nitrogens with one attached hydrogen (secondary N) is 1. The van der Waals surface area contributed by atoms with Crippen LogP contribution < -0.4 is 11.1 Å². The lowest BCUT2D eigenvalue weighted by atomic mass is 10.1. The number of primary amides is 1. The highest BCUT2D eigenvalue weighted by Crippen LogP contribution is 2.28. The number of rotatable bonds is 6. The molecule has 3 aromatic rings. The van der Waals surface area contributed by atoms with E-state index in [0.717, 1.165) is 16.0 Å². The van der Waals surface area contributed by atoms with Crippen molar-refractivity contribution in [3.8, 4) is 16.2 Å². The van der Waals surface area contributed by atoms with E-state index in [1.54, 1.807) is 30.3 Å². The normalized spacial score (nSPS) is 10.5. The highest BCUT2D eigenvalue weighted by molar-refractivity contribution is 7.17. The third-order valence-electron chi connectivity index (χ3n) is 3.92. The van der Waals surface area contributed by atoms with Crippen LogP contribution in [0.3, 0.4) is 0 Å². The van der Waals surface area contributed by atoms with E-state index in [9.17, 15) is 14.7 Å². The van der Waals surface area contributed by atoms with Gasteiger partial charge in [0.25, 0.3) is 5.91 Å². The molecule has 26 heavy (non-hydrogen) atoms. The maximum atomic E-state index is 12.3. The number of carbonyl (C=O) groups is 2. The van der Waals surface area contributed by atoms with Gasteiger partial charge in [0.1, 0.15) is 5.75 Å². The van der Waals surface area contributed by atoms with Crippen LogP contribution in [0.5, 0.6) is 5.75 Å². The summed E-state index contributed by atoms with van der Waals surface area (Å²) in [6.07, 6.45) is 0.693. The second kappa shape index (κ2) is 7.84. The van der Waals surface area contributed by atoms with E-state index in [4.69, 9.17) is 5.73 Å². The molecule has 132 valence electrons. The van der Waals surface area contributed by atoms with Gasteiger partial charge >= 0.3 is 0 Å². The minimum absolute atomic E-state index is 0.117. The van der Waals surface area contributed by atoms with Crippen molar-refractivity contribution in [3.63, 3.8) is 0 Å². The molecule has 0 spiro atoms. The number of benzene rings is 2. The molecule has 0 bridgehead atoms. The van der Waals surface area contributed by atoms with E-state index in [0.29, 0.717) is 23.4 Å². The van der Waals surface area contributed by atoms with Gasteiger partial charge in [0.05, 0.1) is 4.88 Å². The molecule has 0 saturated heterocycles. The molecule has 0 fully saturated rings. The standard InChI is InChI=1S/C20H18N2O3S/c21-19(24)15-5-3-14(4-6-15)17-9-10-18(26-17)20(25)22-12-11-13-1-7-16(23)8-2-13/h1-10,23H,11-12H2,(H2,21,24)(H,22,25). The molecule has 1 aromatic heterocycles. The lowest BCUT2D eigenvalue weighted by Crippen LogP contribution is -2.24. The third-order valence-corrected chi connectivity index (χ3v) is 5.05. The maximum Gasteiger partial charge on any atom is 0.261 e. The van der Waals surface area contributed by atoms with Crippen molar-refractivity contribution in [2.45, 2.75) is 6.42 Å². The van der Waals surface area contributed by atoms with E-state index < -0.39 is 5.91 Å². The Balaban J connectivity index is 1.59. The summed E-state index contributed by atoms with van der Waals surface area (Å²) in [4.78, 5) is 25.0. The van der Waals surface area contributed by atoms with Crippen LogP contribution in [-0.4, -0.2) is 23.5 Å². The minimum atomic E-state index is -0.462. The first-order valence-corrected chi connectivity index (χ1v) is 8.91. The lowest BCUT2D eigenvalue weighted by molar-refractivity contribution is 0.0956. The van der Waals surface area contributed by atoms with Crippen molar-refractivity contribution in [2.24, 2.45) is 5.73 Å². The maximum absolute atomic E-state index is 12.3. The Kier molecular flexibility index (Phi) is 5.34. The summed E-state index contributed by atoms with van der Waals surface area (Å²) in [7, 11) is 0. The molecule has 6 heteroatoms. The Morgan fingerprint density at radius 1 is 0.962 bits per heavy atom. The molecule has 0 aliphatic heterocycles. The summed E-state index contributed by atoms with van der Waals surface area (Å²) in [5.41, 5.74) is 7.68. The van der Waals surface area contributed by atoms with Crippen LogP contribution in [0.15, 0.2) is 60.7 Å². The van der Waals surface area contributed by atoms with Crippen molar-refractivity contribution < 1.29 is 14.7 Å². The number of amides is 2. The second-order valence-corrected chi connectivity index (χ2v) is 6.86. The zero-order valence-corrected chi connectivity index (χ0v) is 14.8. The summed E-state index contributed by atoms with van der Waals surface area (Å²) in [5.74, 6) is -0.349. The summed E-state index contributed by atoms with van der Waals surface area (Å²) < 4.78 is 0. The van der Waals surface area contributed by atoms with Gasteiger partial charge in [-0.25, -0.2) is 0 Å². The van der Waals surface area contributed by atoms with Crippen LogP contribution >= 0.6 is 11.3 Å². The van der Waals surface area contributed by atoms with Crippen LogP contribution in [-0.2, 0) is 6.42 Å². The van der Waals surface area contributed by atoms with E-state index in [1.165, 1.54) is 11.3 Å². The van der Waals surface area contributed by atoms with Gasteiger partial charge in [-0.1, -0.05) is 24.3 Å². The minimum Gasteiger partial charge on any atom is -0.508 e. The third kappa shape index (κ3) is 4.29. The fraction of sp³-hybridized carbons (Fsp3) is 0.100. The predicted octanol–water partition coefficient (Wildman–Crippen LogP) is 3.19. The van der Waals surface area contributed by atoms with Gasteiger partial charge in [-0.3, -0.25) is 9.59 Å². The van der Waals surface area contributed by atoms with E-state index >= 15 is 0 Å². The van der Waals surface area contributed by atoms with Gasteiger partial charge in [0.15, 0.2) is 0 Å². The SMILES string of the molecule is NC(=O)c1ccc(-c2ccc(C(=O)NCCc3ccc(O)cc3)s2)cc1. The number of phenolic OH excluding ortho intramolecular Hbond substituents is 1. The molecule has 4 N–H and O–H groups in total. The first-order chi connectivity index (χ1) is 12.5. The molecule has 5 nitrogen and oxygen atoms in total. The van der Waals surface area contributed by atoms with Gasteiger partial charge in [0, 0.05) is 17.0 Å². The Morgan fingerprint density at radius 3 is 2.31 bits per heavy atom. The first kappa shape index (κ1) is 17.7. The molecule has 0 atom stereocenters. The zero-order chi connectivity index (χ0) is 18.5. The zero-order valence-electron chi connectivity index (χ0n) is 13.9. The average molecular weight is 366 g/mol. The number of aromatic hydroxyl groups is 1. The number of carbonyl (C=O) groups excluding carboxylic acids is 2. The highest BCUT2D eigenvalue weighted by Gasteiger charge is 2.10. The van der Waals surface area contributed by atoms with Gasteiger partial charge < -0.3 is 16.2 Å². The summed E-state index contributed by atoms with van der Waals surface area (Å²) >= 11 is 1.40. The fourth-order valence-corrected chi connectivity index (χ4v) is 3.41. The number of thiophene rings is 1. The summed E-state index contributed by atoms with van der Waals surface area (Å²) in [6.45, 7) is 0.518. The van der Waals surface area contributed by atoms with Gasteiger partial charge in [0.2, 0.25) is 5.91 Å². The molecular weight excluding hydrogens is 348 g/mol. The van der Waals surface area contributed by atoms with Crippen molar-refractivity contribution in [1.29, 1.82) is 0 Å². The molecule has 2 aromatic carbocycles. The Morgan fingerprint density at radius 2 is 1.65 bits per heavy atom. The number of hydrogen-bond acceptors (Lipinski definition) is 4. The number of nitrogens with two attached hydrogens (primary N) is 1. The average Bonchev–Trinajstić information content (AvgIpc) is 3.13. The smallest absolute Gasteiger partial charge is 0.261 e. The van der Waals surface area contributed by atoms with Crippen LogP contribution in [0, 0.1) is 0 Å². The topological polar surface area (TPSA) is 92.4 Å². The Bertz CT molecular complexity index is 915. The van der Waals surface area contributed by atoms with Gasteiger partial charge in [-0.05, 0) is 53.9 Å². The summed E-state index contributed by atoms with van der Waals surface area (Å²) in [5, 5.41) is 12.2. The molecule has 0 saturated carbocycles. The summed E-state index contributed by atoms with van der Waals surface area (Å²) in [6, 6.07) is 17.6. The quantitative estimate of drug-likeness (QED) is 0.625. The molecule has 0 aliphatic rings. The molecule has 0 radical (unpaired) electrons. The van der Waals surface area contributed by atoms with Crippen molar-refractivity contribution in [1.82, 2.24) is 5.32 Å². The molecular formula is C20H18N2O3S. The van der Waals surface area contributed by atoms with Crippen LogP contribution in [0.25, 0.3) is 10.4 Å².